The molecule has 4 nitrogen and oxygen atoms in total. The van der Waals surface area contributed by atoms with E-state index in [0.29, 0.717) is 5.56 Å². The van der Waals surface area contributed by atoms with Crippen LogP contribution in [0.1, 0.15) is 18.6 Å². The molecule has 96 valence electrons. The Morgan fingerprint density at radius 3 is 2.74 bits per heavy atom. The summed E-state index contributed by atoms with van der Waals surface area (Å²) >= 11 is 0. The van der Waals surface area contributed by atoms with Gasteiger partial charge in [0, 0.05) is 5.56 Å². The standard InChI is InChI=1S/C15H13NO3/c1-2-18-15(17)19-14(10-16)13-9-5-7-11-6-3-4-8-12(11)13/h3-9,14H,2H2,1H3/t14-/m0/s1. The molecule has 0 bridgehead atoms. The Bertz CT molecular complexity index is 625. The average Bonchev–Trinajstić information content (AvgIpc) is 2.44. The first-order valence-corrected chi connectivity index (χ1v) is 5.97. The molecular weight excluding hydrogens is 242 g/mol. The Kier molecular flexibility index (Phi) is 3.99. The van der Waals surface area contributed by atoms with E-state index in [1.54, 1.807) is 13.0 Å². The minimum atomic E-state index is -0.967. The van der Waals surface area contributed by atoms with Gasteiger partial charge in [-0.1, -0.05) is 42.5 Å². The van der Waals surface area contributed by atoms with Gasteiger partial charge in [0.05, 0.1) is 6.61 Å². The lowest BCUT2D eigenvalue weighted by Crippen LogP contribution is -2.11. The van der Waals surface area contributed by atoms with Gasteiger partial charge in [0.2, 0.25) is 6.10 Å². The molecular formula is C15H13NO3. The molecule has 0 heterocycles. The Hall–Kier alpha value is -2.54. The monoisotopic (exact) mass is 255 g/mol. The number of carbonyl (C=O) groups is 1. The summed E-state index contributed by atoms with van der Waals surface area (Å²) in [5, 5.41) is 11.1. The molecule has 4 heteroatoms. The predicted octanol–water partition coefficient (Wildman–Crippen LogP) is 3.58. The van der Waals surface area contributed by atoms with Crippen molar-refractivity contribution >= 4 is 16.9 Å². The van der Waals surface area contributed by atoms with E-state index < -0.39 is 12.3 Å². The van der Waals surface area contributed by atoms with Crippen molar-refractivity contribution in [2.24, 2.45) is 0 Å². The highest BCUT2D eigenvalue weighted by atomic mass is 16.7. The van der Waals surface area contributed by atoms with E-state index in [-0.39, 0.29) is 6.61 Å². The summed E-state index contributed by atoms with van der Waals surface area (Å²) in [6, 6.07) is 15.2. The predicted molar refractivity (Wildman–Crippen MR) is 70.4 cm³/mol. The second-order valence-electron chi connectivity index (χ2n) is 3.88. The van der Waals surface area contributed by atoms with Crippen LogP contribution in [0.15, 0.2) is 42.5 Å². The van der Waals surface area contributed by atoms with Crippen LogP contribution in [0, 0.1) is 11.3 Å². The van der Waals surface area contributed by atoms with E-state index in [0.717, 1.165) is 10.8 Å². The molecule has 0 aliphatic carbocycles. The van der Waals surface area contributed by atoms with Crippen LogP contribution in [0.5, 0.6) is 0 Å². The van der Waals surface area contributed by atoms with Gasteiger partial charge in [0.1, 0.15) is 6.07 Å². The number of ether oxygens (including phenoxy) is 2. The van der Waals surface area contributed by atoms with Crippen LogP contribution < -0.4 is 0 Å². The molecule has 0 saturated heterocycles. The quantitative estimate of drug-likeness (QED) is 0.786. The molecule has 0 amide bonds. The van der Waals surface area contributed by atoms with Crippen LogP contribution in [0.2, 0.25) is 0 Å². The van der Waals surface area contributed by atoms with Crippen LogP contribution in [-0.2, 0) is 9.47 Å². The molecule has 0 aliphatic rings. The number of hydrogen-bond donors (Lipinski definition) is 0. The summed E-state index contributed by atoms with van der Waals surface area (Å²) < 4.78 is 9.71. The fourth-order valence-corrected chi connectivity index (χ4v) is 1.89. The van der Waals surface area contributed by atoms with Crippen LogP contribution in [0.3, 0.4) is 0 Å². The molecule has 0 unspecified atom stereocenters. The van der Waals surface area contributed by atoms with Crippen molar-refractivity contribution in [2.45, 2.75) is 13.0 Å². The van der Waals surface area contributed by atoms with Crippen LogP contribution in [0.4, 0.5) is 4.79 Å². The molecule has 0 N–H and O–H groups in total. The van der Waals surface area contributed by atoms with Crippen LogP contribution in [0.25, 0.3) is 10.8 Å². The highest BCUT2D eigenvalue weighted by Crippen LogP contribution is 2.26. The molecule has 2 aromatic carbocycles. The first kappa shape index (κ1) is 12.9. The molecule has 0 aliphatic heterocycles. The molecule has 0 saturated carbocycles. The zero-order valence-corrected chi connectivity index (χ0v) is 10.5. The second kappa shape index (κ2) is 5.87. The normalized spacial score (nSPS) is 11.6. The maximum absolute atomic E-state index is 11.3. The van der Waals surface area contributed by atoms with Gasteiger partial charge < -0.3 is 9.47 Å². The number of fused-ring (bicyclic) bond motifs is 1. The smallest absolute Gasteiger partial charge is 0.435 e. The van der Waals surface area contributed by atoms with E-state index >= 15 is 0 Å². The molecule has 2 rings (SSSR count). The molecule has 1 atom stereocenters. The van der Waals surface area contributed by atoms with Gasteiger partial charge in [0.25, 0.3) is 0 Å². The van der Waals surface area contributed by atoms with Crippen LogP contribution in [-0.4, -0.2) is 12.8 Å². The SMILES string of the molecule is CCOC(=O)O[C@@H](C#N)c1cccc2ccccc12. The number of nitrogens with zero attached hydrogens (tertiary/aromatic N) is 1. The lowest BCUT2D eigenvalue weighted by atomic mass is 10.0. The zero-order chi connectivity index (χ0) is 13.7. The van der Waals surface area contributed by atoms with Gasteiger partial charge in [-0.3, -0.25) is 0 Å². The lowest BCUT2D eigenvalue weighted by molar-refractivity contribution is 0.0425. The van der Waals surface area contributed by atoms with Gasteiger partial charge in [0.15, 0.2) is 0 Å². The van der Waals surface area contributed by atoms with E-state index in [9.17, 15) is 10.1 Å². The molecule has 0 radical (unpaired) electrons. The Labute approximate surface area is 111 Å². The number of benzene rings is 2. The number of carbonyl (C=O) groups excluding carboxylic acids is 1. The summed E-state index contributed by atoms with van der Waals surface area (Å²) in [5.41, 5.74) is 0.661. The zero-order valence-electron chi connectivity index (χ0n) is 10.5. The summed E-state index contributed by atoms with van der Waals surface area (Å²) in [6.07, 6.45) is -1.80. The average molecular weight is 255 g/mol. The van der Waals surface area contributed by atoms with Gasteiger partial charge in [-0.25, -0.2) is 4.79 Å². The summed E-state index contributed by atoms with van der Waals surface area (Å²) in [6.45, 7) is 1.90. The second-order valence-corrected chi connectivity index (χ2v) is 3.88. The molecule has 0 spiro atoms. The highest BCUT2D eigenvalue weighted by molar-refractivity contribution is 5.86. The van der Waals surface area contributed by atoms with Crippen molar-refractivity contribution in [1.82, 2.24) is 0 Å². The van der Waals surface area contributed by atoms with Gasteiger partial charge in [-0.15, -0.1) is 0 Å². The van der Waals surface area contributed by atoms with Crippen molar-refractivity contribution < 1.29 is 14.3 Å². The Morgan fingerprint density at radius 1 is 1.26 bits per heavy atom. The summed E-state index contributed by atoms with van der Waals surface area (Å²) in [7, 11) is 0. The van der Waals surface area contributed by atoms with Gasteiger partial charge in [-0.05, 0) is 17.7 Å². The Morgan fingerprint density at radius 2 is 2.00 bits per heavy atom. The van der Waals surface area contributed by atoms with Crippen molar-refractivity contribution in [3.8, 4) is 6.07 Å². The summed E-state index contributed by atoms with van der Waals surface area (Å²) in [5.74, 6) is 0. The maximum Gasteiger partial charge on any atom is 0.509 e. The van der Waals surface area contributed by atoms with Crippen molar-refractivity contribution in [3.05, 3.63) is 48.0 Å². The Balaban J connectivity index is 2.36. The minimum Gasteiger partial charge on any atom is -0.435 e. The fraction of sp³-hybridized carbons (Fsp3) is 0.200. The first-order valence-electron chi connectivity index (χ1n) is 5.97. The van der Waals surface area contributed by atoms with E-state index in [4.69, 9.17) is 9.47 Å². The maximum atomic E-state index is 11.3. The topological polar surface area (TPSA) is 59.3 Å². The number of rotatable bonds is 3. The fourth-order valence-electron chi connectivity index (χ4n) is 1.89. The third-order valence-corrected chi connectivity index (χ3v) is 2.70. The molecule has 0 aromatic heterocycles. The minimum absolute atomic E-state index is 0.215. The van der Waals surface area contributed by atoms with Crippen molar-refractivity contribution in [1.29, 1.82) is 5.26 Å². The lowest BCUT2D eigenvalue weighted by Gasteiger charge is -2.13. The van der Waals surface area contributed by atoms with Gasteiger partial charge >= 0.3 is 6.16 Å². The molecule has 19 heavy (non-hydrogen) atoms. The van der Waals surface area contributed by atoms with Crippen molar-refractivity contribution in [2.75, 3.05) is 6.61 Å². The van der Waals surface area contributed by atoms with Crippen LogP contribution >= 0.6 is 0 Å². The molecule has 2 aromatic rings. The largest absolute Gasteiger partial charge is 0.509 e. The van der Waals surface area contributed by atoms with Gasteiger partial charge in [-0.2, -0.15) is 5.26 Å². The van der Waals surface area contributed by atoms with E-state index in [2.05, 4.69) is 0 Å². The van der Waals surface area contributed by atoms with Crippen molar-refractivity contribution in [3.63, 3.8) is 0 Å². The molecule has 0 fully saturated rings. The van der Waals surface area contributed by atoms with E-state index in [1.807, 2.05) is 42.5 Å². The third-order valence-electron chi connectivity index (χ3n) is 2.70. The first-order chi connectivity index (χ1) is 9.26. The number of hydrogen-bond acceptors (Lipinski definition) is 4. The van der Waals surface area contributed by atoms with E-state index in [1.165, 1.54) is 0 Å². The third kappa shape index (κ3) is 2.83. The highest BCUT2D eigenvalue weighted by Gasteiger charge is 2.18. The summed E-state index contributed by atoms with van der Waals surface area (Å²) in [4.78, 5) is 11.3. The number of nitriles is 1.